The van der Waals surface area contributed by atoms with Crippen LogP contribution >= 0.6 is 0 Å². The largest absolute Gasteiger partial charge is 0.350 e. The molecule has 0 spiro atoms. The van der Waals surface area contributed by atoms with Crippen molar-refractivity contribution in [2.75, 3.05) is 0 Å². The van der Waals surface area contributed by atoms with Gasteiger partial charge in [0.2, 0.25) is 0 Å². The van der Waals surface area contributed by atoms with Crippen LogP contribution in [0.3, 0.4) is 0 Å². The van der Waals surface area contributed by atoms with E-state index in [2.05, 4.69) is 15.1 Å². The number of nitrogens with two attached hydrogens (primary N) is 1. The summed E-state index contributed by atoms with van der Waals surface area (Å²) in [7, 11) is 0. The molecule has 6 heteroatoms. The molecule has 1 heterocycles. The molecule has 1 aromatic heterocycles. The number of nitrogens with zero attached hydrogens (tertiary/aromatic N) is 3. The van der Waals surface area contributed by atoms with E-state index in [1.54, 1.807) is 12.3 Å². The van der Waals surface area contributed by atoms with Crippen molar-refractivity contribution < 1.29 is 4.79 Å². The summed E-state index contributed by atoms with van der Waals surface area (Å²) in [4.78, 5) is 17.7. The summed E-state index contributed by atoms with van der Waals surface area (Å²) in [5, 5.41) is 3.50. The van der Waals surface area contributed by atoms with Gasteiger partial charge in [0.1, 0.15) is 6.33 Å². The maximum Gasteiger partial charge on any atom is 0.332 e. The lowest BCUT2D eigenvalue weighted by Crippen LogP contribution is -2.24. The Labute approximate surface area is 68.5 Å². The second-order valence-corrected chi connectivity index (χ2v) is 1.87. The number of nitrogens with one attached hydrogen (secondary N) is 1. The molecule has 0 aromatic carbocycles. The first kappa shape index (κ1) is 8.12. The Hall–Kier alpha value is -1.98. The molecule has 2 amide bonds. The third kappa shape index (κ3) is 2.74. The monoisotopic (exact) mass is 165 g/mol. The molecule has 3 N–H and O–H groups in total. The van der Waals surface area contributed by atoms with E-state index in [1.807, 2.05) is 5.43 Å². The minimum atomic E-state index is -0.708. The van der Waals surface area contributed by atoms with Gasteiger partial charge in [-0.05, 0) is 6.07 Å². The predicted octanol–water partition coefficient (Wildman–Crippen LogP) is -0.521. The van der Waals surface area contributed by atoms with Crippen molar-refractivity contribution in [3.63, 3.8) is 0 Å². The molecule has 12 heavy (non-hydrogen) atoms. The van der Waals surface area contributed by atoms with Crippen LogP contribution in [0.1, 0.15) is 5.69 Å². The van der Waals surface area contributed by atoms with E-state index in [9.17, 15) is 4.79 Å². The fraction of sp³-hybridized carbons (Fsp3) is 0. The Morgan fingerprint density at radius 3 is 3.17 bits per heavy atom. The topological polar surface area (TPSA) is 93.3 Å². The number of rotatable bonds is 2. The number of urea groups is 1. The van der Waals surface area contributed by atoms with Crippen LogP contribution in [0.4, 0.5) is 4.79 Å². The molecule has 62 valence electrons. The van der Waals surface area contributed by atoms with E-state index < -0.39 is 6.03 Å². The molecule has 0 atom stereocenters. The highest BCUT2D eigenvalue weighted by atomic mass is 16.2. The van der Waals surface area contributed by atoms with Crippen LogP contribution < -0.4 is 11.2 Å². The molecule has 0 saturated heterocycles. The van der Waals surface area contributed by atoms with Gasteiger partial charge in [-0.1, -0.05) is 0 Å². The van der Waals surface area contributed by atoms with Crippen molar-refractivity contribution in [3.05, 3.63) is 24.3 Å². The van der Waals surface area contributed by atoms with Gasteiger partial charge in [0.25, 0.3) is 0 Å². The van der Waals surface area contributed by atoms with Gasteiger partial charge < -0.3 is 5.73 Å². The Morgan fingerprint density at radius 1 is 1.75 bits per heavy atom. The predicted molar refractivity (Wildman–Crippen MR) is 42.3 cm³/mol. The fourth-order valence-electron chi connectivity index (χ4n) is 0.539. The minimum absolute atomic E-state index is 0.596. The van der Waals surface area contributed by atoms with Gasteiger partial charge >= 0.3 is 6.03 Å². The number of aromatic nitrogens is 2. The average Bonchev–Trinajstić information content (AvgIpc) is 2.05. The molecule has 0 aliphatic carbocycles. The lowest BCUT2D eigenvalue weighted by Gasteiger charge is -1.90. The first-order valence-electron chi connectivity index (χ1n) is 3.13. The van der Waals surface area contributed by atoms with Crippen LogP contribution in [0, 0.1) is 0 Å². The molecule has 0 aliphatic rings. The number of amides is 2. The number of carbonyl (C=O) groups excluding carboxylic acids is 1. The molecule has 0 unspecified atom stereocenters. The number of hydrazone groups is 1. The highest BCUT2D eigenvalue weighted by Crippen LogP contribution is 1.83. The van der Waals surface area contributed by atoms with Gasteiger partial charge in [-0.15, -0.1) is 0 Å². The summed E-state index contributed by atoms with van der Waals surface area (Å²) in [6.45, 7) is 0. The molecule has 6 nitrogen and oxygen atoms in total. The second-order valence-electron chi connectivity index (χ2n) is 1.87. The zero-order valence-corrected chi connectivity index (χ0v) is 6.14. The summed E-state index contributed by atoms with van der Waals surface area (Å²) in [5.74, 6) is 0. The van der Waals surface area contributed by atoms with Crippen LogP contribution in [-0.4, -0.2) is 22.2 Å². The van der Waals surface area contributed by atoms with E-state index >= 15 is 0 Å². The zero-order chi connectivity index (χ0) is 8.81. The van der Waals surface area contributed by atoms with Crippen LogP contribution in [0.5, 0.6) is 0 Å². The van der Waals surface area contributed by atoms with E-state index in [-0.39, 0.29) is 0 Å². The molecule has 0 fully saturated rings. The number of carbonyl (C=O) groups is 1. The van der Waals surface area contributed by atoms with Gasteiger partial charge in [0.15, 0.2) is 0 Å². The zero-order valence-electron chi connectivity index (χ0n) is 6.14. The van der Waals surface area contributed by atoms with Gasteiger partial charge in [-0.25, -0.2) is 20.2 Å². The van der Waals surface area contributed by atoms with Crippen molar-refractivity contribution in [1.29, 1.82) is 0 Å². The highest BCUT2D eigenvalue weighted by Gasteiger charge is 1.86. The van der Waals surface area contributed by atoms with Gasteiger partial charge in [0.05, 0.1) is 11.9 Å². The minimum Gasteiger partial charge on any atom is -0.350 e. The molecule has 0 bridgehead atoms. The molecular weight excluding hydrogens is 158 g/mol. The first-order valence-corrected chi connectivity index (χ1v) is 3.13. The third-order valence-corrected chi connectivity index (χ3v) is 0.976. The lowest BCUT2D eigenvalue weighted by atomic mass is 10.4. The molecule has 1 rings (SSSR count). The van der Waals surface area contributed by atoms with Gasteiger partial charge in [-0.3, -0.25) is 0 Å². The van der Waals surface area contributed by atoms with Crippen molar-refractivity contribution in [2.24, 2.45) is 10.8 Å². The smallest absolute Gasteiger partial charge is 0.332 e. The summed E-state index contributed by atoms with van der Waals surface area (Å²) in [6, 6.07) is 0.937. The van der Waals surface area contributed by atoms with Crippen LogP contribution in [0.25, 0.3) is 0 Å². The van der Waals surface area contributed by atoms with Crippen LogP contribution in [-0.2, 0) is 0 Å². The number of hydrogen-bond acceptors (Lipinski definition) is 4. The lowest BCUT2D eigenvalue weighted by molar-refractivity contribution is 0.249. The van der Waals surface area contributed by atoms with E-state index in [1.165, 1.54) is 12.5 Å². The van der Waals surface area contributed by atoms with Crippen molar-refractivity contribution >= 4 is 12.2 Å². The maximum absolute atomic E-state index is 10.2. The average molecular weight is 165 g/mol. The van der Waals surface area contributed by atoms with E-state index in [0.717, 1.165) is 0 Å². The highest BCUT2D eigenvalue weighted by molar-refractivity contribution is 5.79. The molecule has 1 aromatic rings. The first-order chi connectivity index (χ1) is 5.79. The maximum atomic E-state index is 10.2. The van der Waals surface area contributed by atoms with E-state index in [4.69, 9.17) is 5.73 Å². The summed E-state index contributed by atoms with van der Waals surface area (Å²) in [5.41, 5.74) is 7.40. The fourth-order valence-corrected chi connectivity index (χ4v) is 0.539. The van der Waals surface area contributed by atoms with E-state index in [0.29, 0.717) is 5.69 Å². The quantitative estimate of drug-likeness (QED) is 0.456. The van der Waals surface area contributed by atoms with Gasteiger partial charge in [0, 0.05) is 6.20 Å². The third-order valence-electron chi connectivity index (χ3n) is 0.976. The Balaban J connectivity index is 2.52. The number of hydrogen-bond donors (Lipinski definition) is 2. The molecule has 0 radical (unpaired) electrons. The normalized spacial score (nSPS) is 10.0. The van der Waals surface area contributed by atoms with Crippen molar-refractivity contribution in [1.82, 2.24) is 15.4 Å². The van der Waals surface area contributed by atoms with Crippen molar-refractivity contribution in [3.8, 4) is 0 Å². The SMILES string of the molecule is NC(=O)NN=Cc1ccncn1. The molecular formula is C6H7N5O. The number of primary amides is 1. The van der Waals surface area contributed by atoms with Crippen LogP contribution in [0.2, 0.25) is 0 Å². The Morgan fingerprint density at radius 2 is 2.58 bits per heavy atom. The second kappa shape index (κ2) is 4.02. The summed E-state index contributed by atoms with van der Waals surface area (Å²) >= 11 is 0. The molecule has 0 saturated carbocycles. The Kier molecular flexibility index (Phi) is 2.72. The standard InChI is InChI=1S/C6H7N5O/c7-6(12)11-10-3-5-1-2-8-4-9-5/h1-4H,(H3,7,11,12). The van der Waals surface area contributed by atoms with Crippen LogP contribution in [0.15, 0.2) is 23.7 Å². The van der Waals surface area contributed by atoms with Crippen molar-refractivity contribution in [2.45, 2.75) is 0 Å². The Bertz CT molecular complexity index is 283. The summed E-state index contributed by atoms with van der Waals surface area (Å²) in [6.07, 6.45) is 4.32. The molecule has 0 aliphatic heterocycles. The summed E-state index contributed by atoms with van der Waals surface area (Å²) < 4.78 is 0. The van der Waals surface area contributed by atoms with Gasteiger partial charge in [-0.2, -0.15) is 5.10 Å².